The zero-order chi connectivity index (χ0) is 19.6. The number of carbonyl (C=O) groups excluding carboxylic acids is 1. The van der Waals surface area contributed by atoms with E-state index in [9.17, 15) is 13.2 Å². The molecule has 3 rings (SSSR count). The van der Waals surface area contributed by atoms with Crippen molar-refractivity contribution in [2.45, 2.75) is 26.3 Å². The minimum absolute atomic E-state index is 0.0192. The number of benzene rings is 2. The van der Waals surface area contributed by atoms with Gasteiger partial charge in [0.15, 0.2) is 0 Å². The van der Waals surface area contributed by atoms with Crippen LogP contribution >= 0.6 is 0 Å². The first kappa shape index (κ1) is 19.1. The number of hydrogen-bond donors (Lipinski definition) is 1. The maximum absolute atomic E-state index is 12.7. The lowest BCUT2D eigenvalue weighted by molar-refractivity contribution is -0.136. The Morgan fingerprint density at radius 1 is 1.11 bits per heavy atom. The second-order valence-electron chi connectivity index (χ2n) is 6.97. The van der Waals surface area contributed by atoms with Crippen molar-refractivity contribution in [1.82, 2.24) is 5.01 Å². The summed E-state index contributed by atoms with van der Waals surface area (Å²) in [7, 11) is -3.32. The van der Waals surface area contributed by atoms with Crippen LogP contribution in [0.25, 0.3) is 0 Å². The molecule has 0 saturated heterocycles. The summed E-state index contributed by atoms with van der Waals surface area (Å²) in [6.07, 6.45) is 1.73. The van der Waals surface area contributed by atoms with Gasteiger partial charge in [-0.3, -0.25) is 9.52 Å². The van der Waals surface area contributed by atoms with Gasteiger partial charge in [-0.15, -0.1) is 0 Å². The number of nitrogens with one attached hydrogen (secondary N) is 1. The molecule has 0 saturated carbocycles. The maximum atomic E-state index is 12.7. The first-order chi connectivity index (χ1) is 12.7. The number of anilines is 1. The molecular formula is C20H23N3O3S. The molecule has 1 atom stereocenters. The molecule has 1 N–H and O–H groups in total. The van der Waals surface area contributed by atoms with Crippen molar-refractivity contribution in [2.75, 3.05) is 11.0 Å². The minimum atomic E-state index is -3.32. The lowest BCUT2D eigenvalue weighted by Crippen LogP contribution is -2.30. The Kier molecular flexibility index (Phi) is 5.32. The summed E-state index contributed by atoms with van der Waals surface area (Å²) in [5.41, 5.74) is 3.22. The van der Waals surface area contributed by atoms with Crippen molar-refractivity contribution in [2.24, 2.45) is 11.0 Å². The van der Waals surface area contributed by atoms with Gasteiger partial charge in [-0.2, -0.15) is 5.10 Å². The zero-order valence-electron chi connectivity index (χ0n) is 15.6. The monoisotopic (exact) mass is 385 g/mol. The molecule has 1 aliphatic rings. The van der Waals surface area contributed by atoms with Crippen molar-refractivity contribution in [3.8, 4) is 0 Å². The quantitative estimate of drug-likeness (QED) is 0.857. The van der Waals surface area contributed by atoms with E-state index in [1.54, 1.807) is 17.1 Å². The molecule has 0 aliphatic carbocycles. The molecule has 0 radical (unpaired) electrons. The highest BCUT2D eigenvalue weighted by atomic mass is 32.2. The van der Waals surface area contributed by atoms with Crippen molar-refractivity contribution in [3.05, 3.63) is 65.7 Å². The normalized spacial score (nSPS) is 17.1. The van der Waals surface area contributed by atoms with E-state index in [0.29, 0.717) is 12.1 Å². The number of carbonyl (C=O) groups is 1. The van der Waals surface area contributed by atoms with Crippen LogP contribution in [-0.4, -0.2) is 31.3 Å². The number of sulfonamides is 1. The molecular weight excluding hydrogens is 362 g/mol. The molecule has 1 heterocycles. The van der Waals surface area contributed by atoms with Crippen LogP contribution in [0.3, 0.4) is 0 Å². The van der Waals surface area contributed by atoms with Crippen LogP contribution in [0.15, 0.2) is 59.7 Å². The van der Waals surface area contributed by atoms with E-state index in [0.717, 1.165) is 23.1 Å². The zero-order valence-corrected chi connectivity index (χ0v) is 16.4. The SMILES string of the molecule is CC(C)C(=O)N1N=C(c2ccc(NS(C)(=O)=O)cc2)CC1c1ccccc1. The van der Waals surface area contributed by atoms with E-state index >= 15 is 0 Å². The third kappa shape index (κ3) is 4.54. The number of nitrogens with zero attached hydrogens (tertiary/aromatic N) is 2. The fraction of sp³-hybridized carbons (Fsp3) is 0.300. The molecule has 2 aromatic carbocycles. The third-order valence-corrected chi connectivity index (χ3v) is 4.94. The molecule has 0 bridgehead atoms. The summed E-state index contributed by atoms with van der Waals surface area (Å²) < 4.78 is 25.1. The summed E-state index contributed by atoms with van der Waals surface area (Å²) in [5.74, 6) is -0.171. The maximum Gasteiger partial charge on any atom is 0.245 e. The van der Waals surface area contributed by atoms with Crippen LogP contribution in [0.2, 0.25) is 0 Å². The van der Waals surface area contributed by atoms with Gasteiger partial charge < -0.3 is 0 Å². The molecule has 0 spiro atoms. The van der Waals surface area contributed by atoms with Crippen molar-refractivity contribution >= 4 is 27.3 Å². The Balaban J connectivity index is 1.89. The number of hydrazone groups is 1. The molecule has 1 unspecified atom stereocenters. The van der Waals surface area contributed by atoms with Gasteiger partial charge in [-0.05, 0) is 23.3 Å². The molecule has 1 aliphatic heterocycles. The Morgan fingerprint density at radius 3 is 2.30 bits per heavy atom. The van der Waals surface area contributed by atoms with Crippen LogP contribution in [-0.2, 0) is 14.8 Å². The van der Waals surface area contributed by atoms with Crippen LogP contribution < -0.4 is 4.72 Å². The van der Waals surface area contributed by atoms with Gasteiger partial charge in [0.25, 0.3) is 0 Å². The standard InChI is InChI=1S/C20H23N3O3S/c1-14(2)20(24)23-19(16-7-5-4-6-8-16)13-18(21-23)15-9-11-17(12-10-15)22-27(3,25)26/h4-12,14,19,22H,13H2,1-3H3. The summed E-state index contributed by atoms with van der Waals surface area (Å²) in [5, 5.41) is 6.18. The van der Waals surface area contributed by atoms with Crippen LogP contribution in [0.1, 0.15) is 37.4 Å². The van der Waals surface area contributed by atoms with Crippen molar-refractivity contribution in [1.29, 1.82) is 0 Å². The average molecular weight is 385 g/mol. The first-order valence-electron chi connectivity index (χ1n) is 8.78. The fourth-order valence-electron chi connectivity index (χ4n) is 3.03. The van der Waals surface area contributed by atoms with E-state index in [2.05, 4.69) is 9.82 Å². The average Bonchev–Trinajstić information content (AvgIpc) is 3.06. The highest BCUT2D eigenvalue weighted by molar-refractivity contribution is 7.92. The van der Waals surface area contributed by atoms with E-state index < -0.39 is 10.0 Å². The summed E-state index contributed by atoms with van der Waals surface area (Å²) in [4.78, 5) is 12.7. The Labute approximate surface area is 159 Å². The Morgan fingerprint density at radius 2 is 1.74 bits per heavy atom. The smallest absolute Gasteiger partial charge is 0.245 e. The van der Waals surface area contributed by atoms with Crippen LogP contribution in [0.4, 0.5) is 5.69 Å². The first-order valence-corrected chi connectivity index (χ1v) is 10.7. The largest absolute Gasteiger partial charge is 0.284 e. The minimum Gasteiger partial charge on any atom is -0.284 e. The summed E-state index contributed by atoms with van der Waals surface area (Å²) in [6, 6.07) is 16.8. The lowest BCUT2D eigenvalue weighted by Gasteiger charge is -2.23. The van der Waals surface area contributed by atoms with Crippen molar-refractivity contribution < 1.29 is 13.2 Å². The second-order valence-corrected chi connectivity index (χ2v) is 8.71. The predicted octanol–water partition coefficient (Wildman–Crippen LogP) is 3.39. The number of hydrogen-bond acceptors (Lipinski definition) is 4. The Hall–Kier alpha value is -2.67. The van der Waals surface area contributed by atoms with E-state index in [4.69, 9.17) is 0 Å². The van der Waals surface area contributed by atoms with Gasteiger partial charge in [-0.25, -0.2) is 13.4 Å². The second kappa shape index (κ2) is 7.52. The van der Waals surface area contributed by atoms with Crippen molar-refractivity contribution in [3.63, 3.8) is 0 Å². The molecule has 27 heavy (non-hydrogen) atoms. The topological polar surface area (TPSA) is 78.8 Å². The number of amides is 1. The van der Waals surface area contributed by atoms with Crippen LogP contribution in [0.5, 0.6) is 0 Å². The van der Waals surface area contributed by atoms with Crippen LogP contribution in [0, 0.1) is 5.92 Å². The van der Waals surface area contributed by atoms with E-state index in [-0.39, 0.29) is 17.9 Å². The van der Waals surface area contributed by atoms with Gasteiger partial charge in [0, 0.05) is 18.0 Å². The highest BCUT2D eigenvalue weighted by Crippen LogP contribution is 2.33. The summed E-state index contributed by atoms with van der Waals surface area (Å²) >= 11 is 0. The summed E-state index contributed by atoms with van der Waals surface area (Å²) in [6.45, 7) is 3.73. The molecule has 142 valence electrons. The molecule has 7 heteroatoms. The molecule has 0 aromatic heterocycles. The molecule has 1 amide bonds. The third-order valence-electron chi connectivity index (χ3n) is 4.34. The van der Waals surface area contributed by atoms with Gasteiger partial charge in [0.1, 0.15) is 0 Å². The molecule has 6 nitrogen and oxygen atoms in total. The van der Waals surface area contributed by atoms with Gasteiger partial charge in [0.2, 0.25) is 15.9 Å². The number of rotatable bonds is 5. The Bertz CT molecular complexity index is 952. The highest BCUT2D eigenvalue weighted by Gasteiger charge is 2.33. The predicted molar refractivity (Wildman–Crippen MR) is 107 cm³/mol. The van der Waals surface area contributed by atoms with Gasteiger partial charge in [-0.1, -0.05) is 56.3 Å². The lowest BCUT2D eigenvalue weighted by atomic mass is 9.98. The van der Waals surface area contributed by atoms with E-state index in [1.165, 1.54) is 0 Å². The van der Waals surface area contributed by atoms with E-state index in [1.807, 2.05) is 56.3 Å². The molecule has 2 aromatic rings. The van der Waals surface area contributed by atoms with Gasteiger partial charge >= 0.3 is 0 Å². The fourth-order valence-corrected chi connectivity index (χ4v) is 3.60. The van der Waals surface area contributed by atoms with Gasteiger partial charge in [0.05, 0.1) is 18.0 Å². The molecule has 0 fully saturated rings.